The molecule has 2 aliphatic rings. The van der Waals surface area contributed by atoms with Crippen LogP contribution in [0, 0.1) is 5.41 Å². The molecular weight excluding hydrogens is 451 g/mol. The van der Waals surface area contributed by atoms with Crippen molar-refractivity contribution in [1.82, 2.24) is 19.6 Å². The number of hydrogen-bond donors (Lipinski definition) is 1. The highest BCUT2D eigenvalue weighted by molar-refractivity contribution is 6.43. The zero-order valence-electron chi connectivity index (χ0n) is 17.7. The molecule has 0 unspecified atom stereocenters. The van der Waals surface area contributed by atoms with E-state index in [0.29, 0.717) is 43.9 Å². The smallest absolute Gasteiger partial charge is 0.199 e. The van der Waals surface area contributed by atoms with Crippen molar-refractivity contribution in [2.45, 2.75) is 38.0 Å². The van der Waals surface area contributed by atoms with E-state index in [2.05, 4.69) is 28.8 Å². The van der Waals surface area contributed by atoms with Crippen molar-refractivity contribution >= 4 is 50.0 Å². The molecule has 0 aliphatic carbocycles. The summed E-state index contributed by atoms with van der Waals surface area (Å²) in [4.78, 5) is 11.5. The molecule has 2 fully saturated rings. The predicted molar refractivity (Wildman–Crippen MR) is 128 cm³/mol. The van der Waals surface area contributed by atoms with Crippen LogP contribution in [-0.4, -0.2) is 54.5 Å². The number of anilines is 2. The Hall–Kier alpha value is -1.87. The van der Waals surface area contributed by atoms with Crippen molar-refractivity contribution < 1.29 is 4.74 Å². The molecule has 0 radical (unpaired) electrons. The van der Waals surface area contributed by atoms with Gasteiger partial charge in [0, 0.05) is 24.4 Å². The van der Waals surface area contributed by atoms with E-state index in [1.54, 1.807) is 10.6 Å². The Kier molecular flexibility index (Phi) is 5.36. The second-order valence-corrected chi connectivity index (χ2v) is 12.5. The van der Waals surface area contributed by atoms with Gasteiger partial charge in [-0.25, -0.2) is 14.5 Å². The number of aromatic nitrogens is 4. The van der Waals surface area contributed by atoms with Gasteiger partial charge in [-0.15, -0.1) is 0 Å². The third-order valence-electron chi connectivity index (χ3n) is 7.08. The van der Waals surface area contributed by atoms with Crippen LogP contribution in [0.15, 0.2) is 24.5 Å². The fourth-order valence-corrected chi connectivity index (χ4v) is 7.77. The maximum Gasteiger partial charge on any atom is 0.199 e. The van der Waals surface area contributed by atoms with Crippen LogP contribution in [0.4, 0.5) is 11.6 Å². The van der Waals surface area contributed by atoms with Crippen LogP contribution in [0.1, 0.15) is 26.7 Å². The number of benzene rings is 1. The topological polar surface area (TPSA) is 81.6 Å². The highest BCUT2D eigenvalue weighted by Gasteiger charge is 2.43. The van der Waals surface area contributed by atoms with Gasteiger partial charge in [0.05, 0.1) is 26.2 Å². The van der Waals surface area contributed by atoms with Gasteiger partial charge in [-0.3, -0.25) is 0 Å². The van der Waals surface area contributed by atoms with Crippen LogP contribution >= 0.6 is 23.2 Å². The first kappa shape index (κ1) is 21.0. The number of ether oxygens (including phenoxy) is 1. The summed E-state index contributed by atoms with van der Waals surface area (Å²) in [5.74, 6) is 1.12. The molecule has 7 nitrogen and oxygen atoms in total. The van der Waals surface area contributed by atoms with Crippen LogP contribution in [0.3, 0.4) is 0 Å². The molecule has 4 heterocycles. The van der Waals surface area contributed by atoms with E-state index in [9.17, 15) is 0 Å². The second-order valence-electron chi connectivity index (χ2n) is 8.87. The summed E-state index contributed by atoms with van der Waals surface area (Å²) in [5, 5.41) is 5.31. The van der Waals surface area contributed by atoms with Gasteiger partial charge >= 0.3 is 0 Å². The Bertz CT molecular complexity index is 1130. The minimum atomic E-state index is -0.224. The van der Waals surface area contributed by atoms with Crippen LogP contribution in [0.5, 0.6) is 0 Å². The molecule has 10 heteroatoms. The molecule has 0 saturated carbocycles. The van der Waals surface area contributed by atoms with Gasteiger partial charge in [0.2, 0.25) is 0 Å². The fraction of sp³-hybridized carbons (Fsp3) is 0.476. The normalized spacial score (nSPS) is 24.3. The van der Waals surface area contributed by atoms with Gasteiger partial charge in [0.1, 0.15) is 12.0 Å². The highest BCUT2D eigenvalue weighted by atomic mass is 35.5. The van der Waals surface area contributed by atoms with Crippen molar-refractivity contribution in [3.8, 4) is 11.3 Å². The standard InChI is InChI=1S/C21H26Cl2N6OSi/c1-12-21(10-30-13(2)31-12)6-8-28(9-7-21)20-19-25-11-26-29(19)17(18(24)27-20)14-4-3-5-15(22)16(14)23/h3-5,11-13H,6-10,24,31H2,1-2H3/t12-,13+/m0/s1. The molecule has 2 saturated heterocycles. The van der Waals surface area contributed by atoms with Crippen molar-refractivity contribution in [2.24, 2.45) is 5.41 Å². The predicted octanol–water partition coefficient (Wildman–Crippen LogP) is 3.62. The summed E-state index contributed by atoms with van der Waals surface area (Å²) in [6.45, 7) is 7.34. The summed E-state index contributed by atoms with van der Waals surface area (Å²) >= 11 is 12.7. The Morgan fingerprint density at radius 2 is 2.00 bits per heavy atom. The van der Waals surface area contributed by atoms with Crippen LogP contribution < -0.4 is 10.6 Å². The van der Waals surface area contributed by atoms with Crippen LogP contribution in [-0.2, 0) is 4.74 Å². The lowest BCUT2D eigenvalue weighted by molar-refractivity contribution is -0.00561. The molecule has 0 bridgehead atoms. The molecule has 2 N–H and O–H groups in total. The monoisotopic (exact) mass is 476 g/mol. The Labute approximate surface area is 193 Å². The molecule has 1 spiro atoms. The number of nitrogens with zero attached hydrogens (tertiary/aromatic N) is 5. The molecule has 3 aromatic rings. The molecule has 0 amide bonds. The van der Waals surface area contributed by atoms with E-state index in [1.807, 2.05) is 12.1 Å². The van der Waals surface area contributed by atoms with Crippen molar-refractivity contribution in [3.05, 3.63) is 34.6 Å². The number of hydrogen-bond acceptors (Lipinski definition) is 6. The minimum absolute atomic E-state index is 0.224. The number of rotatable bonds is 2. The Morgan fingerprint density at radius 1 is 1.23 bits per heavy atom. The number of piperidine rings is 1. The summed E-state index contributed by atoms with van der Waals surface area (Å²) in [7, 11) is -0.224. The van der Waals surface area contributed by atoms with Gasteiger partial charge in [-0.1, -0.05) is 42.3 Å². The summed E-state index contributed by atoms with van der Waals surface area (Å²) < 4.78 is 7.83. The minimum Gasteiger partial charge on any atom is -0.382 e. The maximum atomic E-state index is 6.47. The molecule has 5 rings (SSSR count). The number of halogens is 2. The summed E-state index contributed by atoms with van der Waals surface area (Å²) in [6, 6.07) is 5.44. The average molecular weight is 477 g/mol. The zero-order chi connectivity index (χ0) is 21.8. The quantitative estimate of drug-likeness (QED) is 0.568. The molecule has 2 atom stereocenters. The lowest BCUT2D eigenvalue weighted by Crippen LogP contribution is -2.50. The van der Waals surface area contributed by atoms with Gasteiger partial charge in [0.25, 0.3) is 0 Å². The average Bonchev–Trinajstić information content (AvgIpc) is 3.23. The first-order chi connectivity index (χ1) is 14.9. The lowest BCUT2D eigenvalue weighted by Gasteiger charge is -2.49. The maximum absolute atomic E-state index is 6.47. The zero-order valence-corrected chi connectivity index (χ0v) is 20.6. The number of fused-ring (bicyclic) bond motifs is 1. The van der Waals surface area contributed by atoms with Gasteiger partial charge in [-0.2, -0.15) is 5.10 Å². The molecule has 164 valence electrons. The van der Waals surface area contributed by atoms with E-state index in [-0.39, 0.29) is 9.52 Å². The van der Waals surface area contributed by atoms with E-state index < -0.39 is 0 Å². The Balaban J connectivity index is 1.49. The third-order valence-corrected chi connectivity index (χ3v) is 10.4. The van der Waals surface area contributed by atoms with Crippen molar-refractivity contribution in [2.75, 3.05) is 30.3 Å². The molecule has 1 aromatic carbocycles. The number of nitrogen functional groups attached to an aromatic ring is 1. The van der Waals surface area contributed by atoms with Gasteiger partial charge < -0.3 is 15.4 Å². The molecule has 2 aromatic heterocycles. The van der Waals surface area contributed by atoms with Crippen molar-refractivity contribution in [1.29, 1.82) is 0 Å². The van der Waals surface area contributed by atoms with E-state index in [4.69, 9.17) is 38.7 Å². The van der Waals surface area contributed by atoms with E-state index >= 15 is 0 Å². The van der Waals surface area contributed by atoms with Crippen molar-refractivity contribution in [3.63, 3.8) is 0 Å². The second kappa shape index (κ2) is 7.92. The van der Waals surface area contributed by atoms with E-state index in [0.717, 1.165) is 43.9 Å². The van der Waals surface area contributed by atoms with Crippen LogP contribution in [0.25, 0.3) is 16.9 Å². The lowest BCUT2D eigenvalue weighted by atomic mass is 9.76. The summed E-state index contributed by atoms with van der Waals surface area (Å²) in [6.07, 6.45) is 3.71. The summed E-state index contributed by atoms with van der Waals surface area (Å²) in [5.41, 5.74) is 9.98. The molecule has 2 aliphatic heterocycles. The highest BCUT2D eigenvalue weighted by Crippen LogP contribution is 2.46. The van der Waals surface area contributed by atoms with Crippen LogP contribution in [0.2, 0.25) is 15.6 Å². The first-order valence-electron chi connectivity index (χ1n) is 10.7. The fourth-order valence-electron chi connectivity index (χ4n) is 5.10. The SMILES string of the molecule is C[C@@H]1OCC2(CCN(c3nc(N)c(-c4cccc(Cl)c4Cl)n4ncnc34)CC2)[C@H](C)[SiH2]1. The Morgan fingerprint density at radius 3 is 2.74 bits per heavy atom. The largest absolute Gasteiger partial charge is 0.382 e. The molecular formula is C21H26Cl2N6OSi. The third kappa shape index (κ3) is 3.49. The number of nitrogens with two attached hydrogens (primary N) is 1. The van der Waals surface area contributed by atoms with Gasteiger partial charge in [0.15, 0.2) is 17.3 Å². The first-order valence-corrected chi connectivity index (χ1v) is 13.1. The van der Waals surface area contributed by atoms with E-state index in [1.165, 1.54) is 6.33 Å². The van der Waals surface area contributed by atoms with Gasteiger partial charge in [-0.05, 0) is 36.8 Å². The molecule has 31 heavy (non-hydrogen) atoms.